The predicted octanol–water partition coefficient (Wildman–Crippen LogP) is 4.20. The fourth-order valence-electron chi connectivity index (χ4n) is 6.70. The van der Waals surface area contributed by atoms with Crippen LogP contribution in [0.2, 0.25) is 0 Å². The predicted molar refractivity (Wildman–Crippen MR) is 156 cm³/mol. The number of piperidine rings is 2. The van der Waals surface area contributed by atoms with Crippen LogP contribution in [0.1, 0.15) is 55.7 Å². The molecule has 1 amide bonds. The van der Waals surface area contributed by atoms with Gasteiger partial charge in [-0.15, -0.1) is 0 Å². The molecule has 2 aromatic carbocycles. The number of likely N-dealkylation sites (tertiary alicyclic amines) is 2. The molecule has 3 N–H and O–H groups in total. The number of H-pyrrole nitrogens is 1. The molecule has 208 valence electrons. The highest BCUT2D eigenvalue weighted by atomic mass is 16.2. The highest BCUT2D eigenvalue weighted by Crippen LogP contribution is 2.36. The molecule has 2 saturated heterocycles. The van der Waals surface area contributed by atoms with E-state index in [1.54, 1.807) is 4.90 Å². The summed E-state index contributed by atoms with van der Waals surface area (Å²) in [6.45, 7) is 7.86. The summed E-state index contributed by atoms with van der Waals surface area (Å²) in [4.78, 5) is 37.9. The zero-order valence-electron chi connectivity index (χ0n) is 23.7. The number of para-hydroxylation sites is 1. The van der Waals surface area contributed by atoms with E-state index in [0.29, 0.717) is 18.2 Å². The smallest absolute Gasteiger partial charge is 0.242 e. The molecule has 0 saturated carbocycles. The normalized spacial score (nSPS) is 20.0. The Bertz CT molecular complexity index is 1300. The van der Waals surface area contributed by atoms with E-state index in [9.17, 15) is 9.59 Å². The second-order valence-electron chi connectivity index (χ2n) is 11.6. The van der Waals surface area contributed by atoms with Crippen LogP contribution in [-0.2, 0) is 21.7 Å². The highest BCUT2D eigenvalue weighted by Gasteiger charge is 2.51. The van der Waals surface area contributed by atoms with E-state index in [0.717, 1.165) is 61.1 Å². The maximum atomic E-state index is 14.5. The maximum Gasteiger partial charge on any atom is 0.242 e. The molecule has 0 aliphatic carbocycles. The number of carbonyl (C=O) groups is 2. The van der Waals surface area contributed by atoms with Crippen LogP contribution in [0.25, 0.3) is 10.9 Å². The van der Waals surface area contributed by atoms with Crippen LogP contribution in [-0.4, -0.2) is 76.7 Å². The standard InChI is InChI=1S/C32H43N5O2/c1-23-11-5-6-12-25(23)22-35(3)31(39)30(37-19-15-26(16-20-37)36-17-9-4-10-18-36)32(33,24(2)38)28-21-34-29-14-8-7-13-27(28)29/h5-8,11-14,21,26,30,34H,4,9-10,15-20,22,33H2,1-3H3. The van der Waals surface area contributed by atoms with Gasteiger partial charge >= 0.3 is 0 Å². The number of ketones is 1. The van der Waals surface area contributed by atoms with E-state index in [1.165, 1.54) is 26.2 Å². The van der Waals surface area contributed by atoms with Gasteiger partial charge in [-0.2, -0.15) is 0 Å². The Labute approximate surface area is 232 Å². The minimum Gasteiger partial charge on any atom is -0.361 e. The summed E-state index contributed by atoms with van der Waals surface area (Å²) in [6, 6.07) is 15.7. The molecule has 3 aromatic rings. The lowest BCUT2D eigenvalue weighted by atomic mass is 9.77. The quantitative estimate of drug-likeness (QED) is 0.457. The third-order valence-corrected chi connectivity index (χ3v) is 9.10. The number of nitrogens with one attached hydrogen (secondary N) is 1. The van der Waals surface area contributed by atoms with Crippen molar-refractivity contribution in [2.75, 3.05) is 33.2 Å². The minimum absolute atomic E-state index is 0.113. The van der Waals surface area contributed by atoms with Crippen molar-refractivity contribution in [2.24, 2.45) is 5.73 Å². The van der Waals surface area contributed by atoms with E-state index in [2.05, 4.69) is 33.8 Å². The Morgan fingerprint density at radius 1 is 1.03 bits per heavy atom. The number of Topliss-reactive ketones (excluding diaryl/α,β-unsaturated/α-hetero) is 1. The number of amides is 1. The lowest BCUT2D eigenvalue weighted by Gasteiger charge is -2.47. The molecule has 2 aliphatic heterocycles. The SMILES string of the molecule is CC(=O)C(N)(c1c[nH]c2ccccc12)C(C(=O)N(C)Cc1ccccc1C)N1CCC(N2CCCCC2)CC1. The van der Waals surface area contributed by atoms with Gasteiger partial charge in [-0.1, -0.05) is 48.9 Å². The summed E-state index contributed by atoms with van der Waals surface area (Å²) in [7, 11) is 1.83. The molecule has 0 radical (unpaired) electrons. The lowest BCUT2D eigenvalue weighted by Crippen LogP contribution is -2.67. The number of carbonyl (C=O) groups excluding carboxylic acids is 2. The first kappa shape index (κ1) is 27.6. The van der Waals surface area contributed by atoms with Crippen LogP contribution >= 0.6 is 0 Å². The van der Waals surface area contributed by atoms with Crippen LogP contribution in [0.15, 0.2) is 54.7 Å². The van der Waals surface area contributed by atoms with Gasteiger partial charge in [0.1, 0.15) is 11.6 Å². The zero-order valence-corrected chi connectivity index (χ0v) is 23.7. The van der Waals surface area contributed by atoms with Crippen LogP contribution in [0, 0.1) is 6.92 Å². The molecule has 5 rings (SSSR count). The molecule has 1 aromatic heterocycles. The number of fused-ring (bicyclic) bond motifs is 1. The van der Waals surface area contributed by atoms with Gasteiger partial charge < -0.3 is 20.5 Å². The van der Waals surface area contributed by atoms with Crippen molar-refractivity contribution in [3.05, 3.63) is 71.4 Å². The first-order valence-corrected chi connectivity index (χ1v) is 14.4. The number of nitrogens with two attached hydrogens (primary N) is 1. The number of rotatable bonds is 8. The van der Waals surface area contributed by atoms with Gasteiger partial charge in [0, 0.05) is 55.4 Å². The summed E-state index contributed by atoms with van der Waals surface area (Å²) < 4.78 is 0. The van der Waals surface area contributed by atoms with E-state index in [4.69, 9.17) is 5.73 Å². The van der Waals surface area contributed by atoms with Gasteiger partial charge in [0.15, 0.2) is 5.78 Å². The van der Waals surface area contributed by atoms with Gasteiger partial charge in [0.2, 0.25) is 5.91 Å². The van der Waals surface area contributed by atoms with Gasteiger partial charge in [0.25, 0.3) is 0 Å². The zero-order chi connectivity index (χ0) is 27.6. The molecule has 7 nitrogen and oxygen atoms in total. The van der Waals surface area contributed by atoms with Crippen molar-refractivity contribution in [1.82, 2.24) is 19.7 Å². The van der Waals surface area contributed by atoms with Gasteiger partial charge in [-0.05, 0) is 69.8 Å². The highest BCUT2D eigenvalue weighted by molar-refractivity contribution is 6.00. The van der Waals surface area contributed by atoms with Gasteiger partial charge in [-0.3, -0.25) is 14.5 Å². The topological polar surface area (TPSA) is 85.7 Å². The average Bonchev–Trinajstić information content (AvgIpc) is 3.40. The number of hydrogen-bond donors (Lipinski definition) is 2. The minimum atomic E-state index is -1.49. The summed E-state index contributed by atoms with van der Waals surface area (Å²) in [5, 5.41) is 0.887. The Morgan fingerprint density at radius 3 is 2.38 bits per heavy atom. The first-order valence-electron chi connectivity index (χ1n) is 14.4. The number of aromatic amines is 1. The Balaban J connectivity index is 1.50. The van der Waals surface area contributed by atoms with Crippen molar-refractivity contribution in [1.29, 1.82) is 0 Å². The Hall–Kier alpha value is -3.00. The first-order chi connectivity index (χ1) is 18.8. The fourth-order valence-corrected chi connectivity index (χ4v) is 6.70. The molecule has 0 bridgehead atoms. The summed E-state index contributed by atoms with van der Waals surface area (Å²) in [5.74, 6) is -0.314. The average molecular weight is 530 g/mol. The molecule has 39 heavy (non-hydrogen) atoms. The van der Waals surface area contributed by atoms with Crippen molar-refractivity contribution >= 4 is 22.6 Å². The molecular formula is C32H43N5O2. The summed E-state index contributed by atoms with van der Waals surface area (Å²) in [5.41, 5.74) is 9.55. The second kappa shape index (κ2) is 11.6. The Morgan fingerprint density at radius 2 is 1.69 bits per heavy atom. The van der Waals surface area contributed by atoms with Crippen LogP contribution < -0.4 is 5.73 Å². The fraction of sp³-hybridized carbons (Fsp3) is 0.500. The Kier molecular flexibility index (Phi) is 8.21. The number of benzene rings is 2. The van der Waals surface area contributed by atoms with Crippen molar-refractivity contribution < 1.29 is 9.59 Å². The lowest BCUT2D eigenvalue weighted by molar-refractivity contribution is -0.145. The third-order valence-electron chi connectivity index (χ3n) is 9.10. The summed E-state index contributed by atoms with van der Waals surface area (Å²) >= 11 is 0. The monoisotopic (exact) mass is 529 g/mol. The molecule has 2 fully saturated rings. The van der Waals surface area contributed by atoms with Crippen LogP contribution in [0.5, 0.6) is 0 Å². The molecule has 7 heteroatoms. The largest absolute Gasteiger partial charge is 0.361 e. The van der Waals surface area contributed by atoms with Gasteiger partial charge in [0.05, 0.1) is 0 Å². The number of likely N-dealkylation sites (N-methyl/N-ethyl adjacent to an activating group) is 1. The molecule has 2 unspecified atom stereocenters. The molecule has 3 heterocycles. The molecule has 2 atom stereocenters. The van der Waals surface area contributed by atoms with Crippen LogP contribution in [0.3, 0.4) is 0 Å². The van der Waals surface area contributed by atoms with Crippen molar-refractivity contribution in [3.8, 4) is 0 Å². The van der Waals surface area contributed by atoms with E-state index >= 15 is 0 Å². The number of aromatic nitrogens is 1. The van der Waals surface area contributed by atoms with Gasteiger partial charge in [-0.25, -0.2) is 0 Å². The molecule has 2 aliphatic rings. The number of aryl methyl sites for hydroxylation is 1. The van der Waals surface area contributed by atoms with E-state index < -0.39 is 11.6 Å². The third kappa shape index (κ3) is 5.40. The van der Waals surface area contributed by atoms with E-state index in [1.807, 2.05) is 49.6 Å². The number of nitrogens with zero attached hydrogens (tertiary/aromatic N) is 3. The molecular weight excluding hydrogens is 486 g/mol. The maximum absolute atomic E-state index is 14.5. The molecule has 0 spiro atoms. The van der Waals surface area contributed by atoms with E-state index in [-0.39, 0.29) is 11.7 Å². The summed E-state index contributed by atoms with van der Waals surface area (Å²) in [6.07, 6.45) is 7.64. The number of hydrogen-bond acceptors (Lipinski definition) is 5. The van der Waals surface area contributed by atoms with Crippen molar-refractivity contribution in [2.45, 2.75) is 70.1 Å². The van der Waals surface area contributed by atoms with Crippen molar-refractivity contribution in [3.63, 3.8) is 0 Å². The van der Waals surface area contributed by atoms with Crippen LogP contribution in [0.4, 0.5) is 0 Å². The second-order valence-corrected chi connectivity index (χ2v) is 11.6.